The van der Waals surface area contributed by atoms with Gasteiger partial charge in [0.1, 0.15) is 0 Å². The maximum absolute atomic E-state index is 6.05. The van der Waals surface area contributed by atoms with Crippen molar-refractivity contribution < 1.29 is 0 Å². The molecular weight excluding hydrogens is 207 g/mol. The molecular formula is C9H10Cl2N2. The van der Waals surface area contributed by atoms with Gasteiger partial charge in [-0.1, -0.05) is 29.3 Å². The first-order valence-electron chi connectivity index (χ1n) is 4.17. The predicted octanol–water partition coefficient (Wildman–Crippen LogP) is 2.61. The molecule has 1 saturated heterocycles. The zero-order chi connectivity index (χ0) is 9.42. The molecule has 0 unspecified atom stereocenters. The van der Waals surface area contributed by atoms with E-state index in [9.17, 15) is 0 Å². The summed E-state index contributed by atoms with van der Waals surface area (Å²) in [6, 6.07) is 4.08. The molecule has 13 heavy (non-hydrogen) atoms. The molecule has 0 amide bonds. The Balaban J connectivity index is 2.41. The van der Waals surface area contributed by atoms with Gasteiger partial charge >= 0.3 is 0 Å². The van der Waals surface area contributed by atoms with Crippen LogP contribution in [0.3, 0.4) is 0 Å². The number of hydrogen-bond acceptors (Lipinski definition) is 2. The zero-order valence-electron chi connectivity index (χ0n) is 6.98. The fourth-order valence-corrected chi connectivity index (χ4v) is 1.88. The topological polar surface area (TPSA) is 38.0 Å². The van der Waals surface area contributed by atoms with Crippen molar-refractivity contribution in [1.29, 1.82) is 0 Å². The molecule has 1 aliphatic rings. The summed E-state index contributed by atoms with van der Waals surface area (Å²) in [7, 11) is 0. The maximum atomic E-state index is 6.05. The highest BCUT2D eigenvalue weighted by atomic mass is 35.5. The van der Waals surface area contributed by atoms with Crippen LogP contribution in [0.4, 0.5) is 5.69 Å². The summed E-state index contributed by atoms with van der Waals surface area (Å²) in [4.78, 5) is 0. The molecule has 0 radical (unpaired) electrons. The monoisotopic (exact) mass is 216 g/mol. The standard InChI is InChI=1S/C9H10Cl2N2/c10-8-5(7-3-4-13-7)1-2-6(12)9(8)11/h1-2,7,13H,3-4,12H2/t7-/m0/s1. The van der Waals surface area contributed by atoms with Gasteiger partial charge in [-0.25, -0.2) is 0 Å². The largest absolute Gasteiger partial charge is 0.397 e. The van der Waals surface area contributed by atoms with E-state index in [-0.39, 0.29) is 0 Å². The summed E-state index contributed by atoms with van der Waals surface area (Å²) in [5, 5.41) is 4.31. The highest BCUT2D eigenvalue weighted by Crippen LogP contribution is 2.36. The van der Waals surface area contributed by atoms with Gasteiger partial charge in [0.15, 0.2) is 0 Å². The highest BCUT2D eigenvalue weighted by Gasteiger charge is 2.22. The Morgan fingerprint density at radius 2 is 2.00 bits per heavy atom. The molecule has 1 atom stereocenters. The molecule has 0 saturated carbocycles. The molecule has 1 aromatic rings. The molecule has 1 aliphatic heterocycles. The molecule has 0 aromatic heterocycles. The number of benzene rings is 1. The Hall–Kier alpha value is -0.440. The van der Waals surface area contributed by atoms with Crippen LogP contribution in [-0.4, -0.2) is 6.54 Å². The van der Waals surface area contributed by atoms with Crippen molar-refractivity contribution in [2.24, 2.45) is 0 Å². The molecule has 1 aromatic carbocycles. The number of nitrogens with one attached hydrogen (secondary N) is 1. The maximum Gasteiger partial charge on any atom is 0.0824 e. The summed E-state index contributed by atoms with van der Waals surface area (Å²) in [5.41, 5.74) is 7.20. The van der Waals surface area contributed by atoms with Crippen LogP contribution in [0.25, 0.3) is 0 Å². The number of anilines is 1. The van der Waals surface area contributed by atoms with E-state index < -0.39 is 0 Å². The first kappa shape index (κ1) is 9.13. The van der Waals surface area contributed by atoms with E-state index in [0.29, 0.717) is 21.8 Å². The molecule has 4 heteroatoms. The van der Waals surface area contributed by atoms with Crippen LogP contribution in [-0.2, 0) is 0 Å². The van der Waals surface area contributed by atoms with Gasteiger partial charge in [0.2, 0.25) is 0 Å². The minimum Gasteiger partial charge on any atom is -0.397 e. The summed E-state index contributed by atoms with van der Waals surface area (Å²) in [6.45, 7) is 1.04. The third-order valence-corrected chi connectivity index (χ3v) is 3.25. The van der Waals surface area contributed by atoms with Crippen LogP contribution in [0, 0.1) is 0 Å². The van der Waals surface area contributed by atoms with Crippen molar-refractivity contribution in [2.75, 3.05) is 12.3 Å². The SMILES string of the molecule is Nc1ccc([C@@H]2CCN2)c(Cl)c1Cl. The van der Waals surface area contributed by atoms with Gasteiger partial charge in [0.25, 0.3) is 0 Å². The second-order valence-electron chi connectivity index (χ2n) is 3.17. The third kappa shape index (κ3) is 1.50. The minimum absolute atomic E-state index is 0.352. The van der Waals surface area contributed by atoms with E-state index in [2.05, 4.69) is 5.32 Å². The van der Waals surface area contributed by atoms with E-state index in [4.69, 9.17) is 28.9 Å². The Bertz CT molecular complexity index is 335. The first-order chi connectivity index (χ1) is 6.20. The lowest BCUT2D eigenvalue weighted by atomic mass is 9.98. The second kappa shape index (κ2) is 3.37. The molecule has 3 N–H and O–H groups in total. The van der Waals surface area contributed by atoms with Crippen molar-refractivity contribution >= 4 is 28.9 Å². The minimum atomic E-state index is 0.352. The number of halogens is 2. The smallest absolute Gasteiger partial charge is 0.0824 e. The number of nitrogen functional groups attached to an aromatic ring is 1. The Labute approximate surface area is 87.0 Å². The predicted molar refractivity (Wildman–Crippen MR) is 56.2 cm³/mol. The van der Waals surface area contributed by atoms with Gasteiger partial charge in [-0.15, -0.1) is 0 Å². The van der Waals surface area contributed by atoms with Crippen LogP contribution in [0.1, 0.15) is 18.0 Å². The highest BCUT2D eigenvalue weighted by molar-refractivity contribution is 6.44. The van der Waals surface area contributed by atoms with Crippen molar-refractivity contribution in [3.05, 3.63) is 27.7 Å². The lowest BCUT2D eigenvalue weighted by Crippen LogP contribution is -2.35. The molecule has 0 bridgehead atoms. The van der Waals surface area contributed by atoms with Crippen LogP contribution >= 0.6 is 23.2 Å². The van der Waals surface area contributed by atoms with Gasteiger partial charge in [-0.2, -0.15) is 0 Å². The number of hydrogen-bond donors (Lipinski definition) is 2. The summed E-state index contributed by atoms with van der Waals surface area (Å²) in [6.07, 6.45) is 1.11. The van der Waals surface area contributed by atoms with Crippen LogP contribution in [0.5, 0.6) is 0 Å². The normalized spacial score (nSPS) is 21.2. The number of nitrogens with two attached hydrogens (primary N) is 1. The molecule has 1 fully saturated rings. The summed E-state index contributed by atoms with van der Waals surface area (Å²) in [5.74, 6) is 0. The van der Waals surface area contributed by atoms with Crippen LogP contribution < -0.4 is 11.1 Å². The second-order valence-corrected chi connectivity index (χ2v) is 3.92. The van der Waals surface area contributed by atoms with E-state index in [1.807, 2.05) is 6.07 Å². The third-order valence-electron chi connectivity index (χ3n) is 2.34. The van der Waals surface area contributed by atoms with Gasteiger partial charge in [0.05, 0.1) is 15.7 Å². The fourth-order valence-electron chi connectivity index (χ4n) is 1.40. The molecule has 2 rings (SSSR count). The van der Waals surface area contributed by atoms with Gasteiger partial charge in [-0.3, -0.25) is 0 Å². The molecule has 0 spiro atoms. The Morgan fingerprint density at radius 3 is 2.54 bits per heavy atom. The molecule has 1 heterocycles. The van der Waals surface area contributed by atoms with E-state index >= 15 is 0 Å². The van der Waals surface area contributed by atoms with Crippen molar-refractivity contribution in [3.8, 4) is 0 Å². The average molecular weight is 217 g/mol. The number of rotatable bonds is 1. The van der Waals surface area contributed by atoms with Gasteiger partial charge < -0.3 is 11.1 Å². The zero-order valence-corrected chi connectivity index (χ0v) is 8.49. The lowest BCUT2D eigenvalue weighted by Gasteiger charge is -2.29. The van der Waals surface area contributed by atoms with E-state index in [1.165, 1.54) is 0 Å². The Morgan fingerprint density at radius 1 is 1.31 bits per heavy atom. The quantitative estimate of drug-likeness (QED) is 0.709. The van der Waals surface area contributed by atoms with Crippen LogP contribution in [0.2, 0.25) is 10.0 Å². The molecule has 2 nitrogen and oxygen atoms in total. The van der Waals surface area contributed by atoms with Gasteiger partial charge in [-0.05, 0) is 24.6 Å². The van der Waals surface area contributed by atoms with Crippen molar-refractivity contribution in [1.82, 2.24) is 5.32 Å². The molecule has 0 aliphatic carbocycles. The van der Waals surface area contributed by atoms with E-state index in [1.54, 1.807) is 6.07 Å². The molecule has 70 valence electrons. The average Bonchev–Trinajstić information content (AvgIpc) is 2.03. The van der Waals surface area contributed by atoms with E-state index in [0.717, 1.165) is 18.5 Å². The summed E-state index contributed by atoms with van der Waals surface area (Å²) < 4.78 is 0. The van der Waals surface area contributed by atoms with Gasteiger partial charge in [0, 0.05) is 6.04 Å². The fraction of sp³-hybridized carbons (Fsp3) is 0.333. The van der Waals surface area contributed by atoms with Crippen molar-refractivity contribution in [3.63, 3.8) is 0 Å². The Kier molecular flexibility index (Phi) is 2.37. The lowest BCUT2D eigenvalue weighted by molar-refractivity contribution is 0.383. The van der Waals surface area contributed by atoms with Crippen LogP contribution in [0.15, 0.2) is 12.1 Å². The summed E-state index contributed by atoms with van der Waals surface area (Å²) >= 11 is 12.0. The van der Waals surface area contributed by atoms with Crippen molar-refractivity contribution in [2.45, 2.75) is 12.5 Å². The first-order valence-corrected chi connectivity index (χ1v) is 4.92.